The van der Waals surface area contributed by atoms with Crippen molar-refractivity contribution in [2.24, 2.45) is 16.8 Å². The lowest BCUT2D eigenvalue weighted by molar-refractivity contribution is -0.122. The summed E-state index contributed by atoms with van der Waals surface area (Å²) in [6.07, 6.45) is 5.03. The summed E-state index contributed by atoms with van der Waals surface area (Å²) < 4.78 is 25.6. The van der Waals surface area contributed by atoms with Gasteiger partial charge in [-0.15, -0.1) is 4.83 Å². The highest BCUT2D eigenvalue weighted by molar-refractivity contribution is 7.91. The number of nitrogens with zero attached hydrogens (tertiary/aromatic N) is 3. The molecule has 2 aliphatic carbocycles. The molecular formula is C16H27N5O3S3. The molecule has 0 aliphatic heterocycles. The van der Waals surface area contributed by atoms with Gasteiger partial charge < -0.3 is 0 Å². The van der Waals surface area contributed by atoms with Crippen molar-refractivity contribution in [1.29, 1.82) is 0 Å². The summed E-state index contributed by atoms with van der Waals surface area (Å²) in [6, 6.07) is -0.147. The minimum Gasteiger partial charge on any atom is -0.293 e. The van der Waals surface area contributed by atoms with Gasteiger partial charge in [0.1, 0.15) is 0 Å². The van der Waals surface area contributed by atoms with Gasteiger partial charge in [-0.3, -0.25) is 25.2 Å². The number of hydrazine groups is 2. The summed E-state index contributed by atoms with van der Waals surface area (Å²) in [5, 5.41) is 1.21. The molecule has 2 rings (SSSR count). The zero-order valence-corrected chi connectivity index (χ0v) is 18.5. The van der Waals surface area contributed by atoms with E-state index >= 15 is 0 Å². The molecule has 0 aromatic rings. The lowest BCUT2D eigenvalue weighted by atomic mass is 10.4. The van der Waals surface area contributed by atoms with E-state index in [0.717, 1.165) is 31.9 Å². The molecule has 0 radical (unpaired) electrons. The fourth-order valence-corrected chi connectivity index (χ4v) is 4.10. The SMILES string of the molecule is CC(C)N=CC(C(=O)NN(C)C(=S)C1CC1)S(=O)(=O)NN(C)C(=S)C1CC1. The second kappa shape index (κ2) is 8.89. The maximum Gasteiger partial charge on any atom is 0.263 e. The van der Waals surface area contributed by atoms with Gasteiger partial charge in [0.2, 0.25) is 10.0 Å². The smallest absolute Gasteiger partial charge is 0.263 e. The quantitative estimate of drug-likeness (QED) is 0.335. The van der Waals surface area contributed by atoms with Crippen LogP contribution in [0.4, 0.5) is 0 Å². The third kappa shape index (κ3) is 6.44. The number of aliphatic imine (C=N–C) groups is 1. The molecule has 2 N–H and O–H groups in total. The van der Waals surface area contributed by atoms with Crippen molar-refractivity contribution in [2.45, 2.75) is 50.8 Å². The van der Waals surface area contributed by atoms with Crippen LogP contribution < -0.4 is 10.3 Å². The third-order valence-corrected chi connectivity index (χ3v) is 6.92. The second-order valence-corrected chi connectivity index (χ2v) is 9.88. The van der Waals surface area contributed by atoms with E-state index in [4.69, 9.17) is 24.4 Å². The molecule has 0 bridgehead atoms. The minimum absolute atomic E-state index is 0.147. The van der Waals surface area contributed by atoms with Crippen LogP contribution in [0.25, 0.3) is 0 Å². The van der Waals surface area contributed by atoms with Gasteiger partial charge in [0.25, 0.3) is 5.91 Å². The fraction of sp³-hybridized carbons (Fsp3) is 0.750. The molecule has 1 atom stereocenters. The molecule has 2 aliphatic rings. The molecule has 11 heteroatoms. The standard InChI is InChI=1S/C16H27N5O3S3/c1-10(2)17-9-13(14(22)18-20(3)15(25)11-5-6-11)27(23,24)19-21(4)16(26)12-7-8-12/h9-13,19H,5-8H2,1-4H3,(H,18,22). The summed E-state index contributed by atoms with van der Waals surface area (Å²) >= 11 is 10.6. The Kier molecular flexibility index (Phi) is 7.28. The highest BCUT2D eigenvalue weighted by Crippen LogP contribution is 2.32. The molecule has 27 heavy (non-hydrogen) atoms. The largest absolute Gasteiger partial charge is 0.293 e. The van der Waals surface area contributed by atoms with Gasteiger partial charge in [-0.1, -0.05) is 24.4 Å². The predicted octanol–water partition coefficient (Wildman–Crippen LogP) is 1.04. The van der Waals surface area contributed by atoms with E-state index in [-0.39, 0.29) is 17.9 Å². The molecular weight excluding hydrogens is 406 g/mol. The molecule has 8 nitrogen and oxygen atoms in total. The van der Waals surface area contributed by atoms with Gasteiger partial charge >= 0.3 is 0 Å². The first kappa shape index (κ1) is 22.1. The number of thiocarbonyl (C=S) groups is 2. The van der Waals surface area contributed by atoms with Crippen LogP contribution in [-0.2, 0) is 14.8 Å². The summed E-state index contributed by atoms with van der Waals surface area (Å²) in [4.78, 5) is 20.3. The molecule has 152 valence electrons. The molecule has 2 saturated carbocycles. The first-order chi connectivity index (χ1) is 12.5. The first-order valence-electron chi connectivity index (χ1n) is 8.93. The predicted molar refractivity (Wildman–Crippen MR) is 114 cm³/mol. The molecule has 0 spiro atoms. The molecule has 0 aromatic carbocycles. The summed E-state index contributed by atoms with van der Waals surface area (Å²) in [5.74, 6) is -0.237. The van der Waals surface area contributed by atoms with E-state index in [1.54, 1.807) is 27.9 Å². The molecule has 0 heterocycles. The zero-order valence-electron chi connectivity index (χ0n) is 16.0. The molecule has 1 amide bonds. The Morgan fingerprint density at radius 3 is 2.00 bits per heavy atom. The first-order valence-corrected chi connectivity index (χ1v) is 11.3. The summed E-state index contributed by atoms with van der Waals surface area (Å²) in [7, 11) is -0.929. The second-order valence-electron chi connectivity index (χ2n) is 7.27. The molecule has 1 unspecified atom stereocenters. The Morgan fingerprint density at radius 1 is 1.07 bits per heavy atom. The van der Waals surface area contributed by atoms with Crippen LogP contribution in [0.5, 0.6) is 0 Å². The minimum atomic E-state index is -4.09. The summed E-state index contributed by atoms with van der Waals surface area (Å²) in [5.41, 5.74) is 2.56. The van der Waals surface area contributed by atoms with E-state index in [2.05, 4.69) is 15.2 Å². The van der Waals surface area contributed by atoms with Gasteiger partial charge in [-0.2, -0.15) is 0 Å². The van der Waals surface area contributed by atoms with Crippen LogP contribution in [0.3, 0.4) is 0 Å². The van der Waals surface area contributed by atoms with Crippen molar-refractivity contribution >= 4 is 56.6 Å². The zero-order chi connectivity index (χ0) is 20.4. The maximum atomic E-state index is 12.8. The fourth-order valence-electron chi connectivity index (χ4n) is 2.32. The number of carbonyl (C=O) groups is 1. The number of nitrogens with one attached hydrogen (secondary N) is 2. The van der Waals surface area contributed by atoms with Crippen molar-refractivity contribution in [1.82, 2.24) is 20.3 Å². The van der Waals surface area contributed by atoms with Crippen LogP contribution in [0.15, 0.2) is 4.99 Å². The van der Waals surface area contributed by atoms with Crippen molar-refractivity contribution in [3.05, 3.63) is 0 Å². The van der Waals surface area contributed by atoms with Crippen molar-refractivity contribution < 1.29 is 13.2 Å². The van der Waals surface area contributed by atoms with Gasteiger partial charge in [0.05, 0.1) is 9.98 Å². The van der Waals surface area contributed by atoms with Crippen molar-refractivity contribution in [3.8, 4) is 0 Å². The monoisotopic (exact) mass is 433 g/mol. The Labute approximate surface area is 171 Å². The topological polar surface area (TPSA) is 94.1 Å². The highest BCUT2D eigenvalue weighted by Gasteiger charge is 2.37. The third-order valence-electron chi connectivity index (χ3n) is 4.17. The van der Waals surface area contributed by atoms with Gasteiger partial charge in [-0.05, 0) is 39.5 Å². The van der Waals surface area contributed by atoms with E-state index in [1.165, 1.54) is 10.0 Å². The van der Waals surface area contributed by atoms with Crippen molar-refractivity contribution in [2.75, 3.05) is 14.1 Å². The van der Waals surface area contributed by atoms with E-state index < -0.39 is 21.2 Å². The van der Waals surface area contributed by atoms with Crippen LogP contribution in [0, 0.1) is 11.8 Å². The van der Waals surface area contributed by atoms with Crippen LogP contribution >= 0.6 is 24.4 Å². The number of hydrogen-bond donors (Lipinski definition) is 2. The number of hydrogen-bond acceptors (Lipinski definition) is 6. The average Bonchev–Trinajstić information content (AvgIpc) is 3.45. The van der Waals surface area contributed by atoms with E-state index in [9.17, 15) is 13.2 Å². The highest BCUT2D eigenvalue weighted by atomic mass is 32.2. The number of amides is 1. The van der Waals surface area contributed by atoms with Crippen LogP contribution in [-0.4, -0.2) is 65.9 Å². The van der Waals surface area contributed by atoms with Gasteiger partial charge in [0.15, 0.2) is 5.25 Å². The Balaban J connectivity index is 2.11. The number of sulfonamides is 1. The van der Waals surface area contributed by atoms with Crippen molar-refractivity contribution in [3.63, 3.8) is 0 Å². The average molecular weight is 434 g/mol. The molecule has 2 fully saturated rings. The van der Waals surface area contributed by atoms with E-state index in [1.807, 2.05) is 0 Å². The Morgan fingerprint density at radius 2 is 1.56 bits per heavy atom. The number of rotatable bonds is 8. The van der Waals surface area contributed by atoms with E-state index in [0.29, 0.717) is 9.98 Å². The number of carbonyl (C=O) groups excluding carboxylic acids is 1. The lowest BCUT2D eigenvalue weighted by Gasteiger charge is -2.26. The van der Waals surface area contributed by atoms with Crippen LogP contribution in [0.2, 0.25) is 0 Å². The Hall–Kier alpha value is -1.17. The van der Waals surface area contributed by atoms with Gasteiger partial charge in [-0.25, -0.2) is 8.42 Å². The normalized spacial score (nSPS) is 18.4. The Bertz CT molecular complexity index is 730. The summed E-state index contributed by atoms with van der Waals surface area (Å²) in [6.45, 7) is 3.60. The molecule has 0 saturated heterocycles. The van der Waals surface area contributed by atoms with Gasteiger partial charge in [0, 0.05) is 38.2 Å². The molecule has 0 aromatic heterocycles. The van der Waals surface area contributed by atoms with Crippen LogP contribution in [0.1, 0.15) is 39.5 Å². The maximum absolute atomic E-state index is 12.8. The lowest BCUT2D eigenvalue weighted by Crippen LogP contribution is -2.55.